The van der Waals surface area contributed by atoms with Crippen molar-refractivity contribution >= 4 is 17.3 Å². The predicted octanol–water partition coefficient (Wildman–Crippen LogP) is 4.26. The van der Waals surface area contributed by atoms with Crippen LogP contribution in [-0.4, -0.2) is 34.7 Å². The van der Waals surface area contributed by atoms with Crippen molar-refractivity contribution in [3.05, 3.63) is 35.1 Å². The van der Waals surface area contributed by atoms with Crippen LogP contribution in [0.25, 0.3) is 0 Å². The molecule has 2 aliphatic carbocycles. The highest BCUT2D eigenvalue weighted by Gasteiger charge is 2.49. The van der Waals surface area contributed by atoms with Crippen LogP contribution in [0.5, 0.6) is 11.5 Å². The molecule has 0 aliphatic heterocycles. The van der Waals surface area contributed by atoms with Gasteiger partial charge in [0.05, 0.1) is 13.0 Å². The molecule has 0 radical (unpaired) electrons. The maximum absolute atomic E-state index is 13.1. The standard InChI is InChI=1S/C24H30O6/c1-23(2)9-14(25)20(15(26)10-23)19(13-7-6-8-18(30-5)22(13)29)21-16(27)11-24(3,4)12-17(21)28/h6-8,19-20,27,29H,9-12H2,1-5H3/t19-/m1/s1. The largest absolute Gasteiger partial charge is 0.512 e. The Morgan fingerprint density at radius 3 is 2.03 bits per heavy atom. The summed E-state index contributed by atoms with van der Waals surface area (Å²) >= 11 is 0. The van der Waals surface area contributed by atoms with Gasteiger partial charge in [-0.2, -0.15) is 0 Å². The van der Waals surface area contributed by atoms with Crippen LogP contribution < -0.4 is 4.74 Å². The fourth-order valence-corrected chi connectivity index (χ4v) is 4.89. The summed E-state index contributed by atoms with van der Waals surface area (Å²) in [4.78, 5) is 39.4. The molecule has 0 spiro atoms. The van der Waals surface area contributed by atoms with Crippen molar-refractivity contribution < 1.29 is 29.3 Å². The Bertz CT molecular complexity index is 917. The number of para-hydroxylation sites is 1. The zero-order chi connectivity index (χ0) is 22.4. The van der Waals surface area contributed by atoms with E-state index in [1.165, 1.54) is 7.11 Å². The zero-order valence-corrected chi connectivity index (χ0v) is 18.2. The molecule has 0 unspecified atom stereocenters. The third-order valence-electron chi connectivity index (χ3n) is 6.13. The SMILES string of the molecule is COc1cccc([C@@H](C2=C(O)CC(C)(C)CC2=O)C2C(=O)CC(C)(C)CC2=O)c1O. The Labute approximate surface area is 176 Å². The number of aromatic hydroxyl groups is 1. The van der Waals surface area contributed by atoms with Gasteiger partial charge in [0.25, 0.3) is 0 Å². The molecule has 2 N–H and O–H groups in total. The van der Waals surface area contributed by atoms with Gasteiger partial charge in [0.2, 0.25) is 0 Å². The molecule has 1 fully saturated rings. The number of Topliss-reactive ketones (excluding diaryl/α,β-unsaturated/α-hetero) is 3. The number of phenols is 1. The molecule has 0 aromatic heterocycles. The van der Waals surface area contributed by atoms with Crippen molar-refractivity contribution in [3.8, 4) is 11.5 Å². The molecule has 1 atom stereocenters. The van der Waals surface area contributed by atoms with Crippen LogP contribution in [0.4, 0.5) is 0 Å². The molecule has 2 aliphatic rings. The van der Waals surface area contributed by atoms with Crippen molar-refractivity contribution in [1.82, 2.24) is 0 Å². The number of carbonyl (C=O) groups is 3. The van der Waals surface area contributed by atoms with Gasteiger partial charge in [-0.25, -0.2) is 0 Å². The molecule has 0 amide bonds. The minimum absolute atomic E-state index is 0.0595. The first kappa shape index (κ1) is 22.1. The number of hydrogen-bond donors (Lipinski definition) is 2. The van der Waals surface area contributed by atoms with Crippen LogP contribution >= 0.6 is 0 Å². The number of rotatable bonds is 4. The van der Waals surface area contributed by atoms with Crippen molar-refractivity contribution in [2.75, 3.05) is 7.11 Å². The smallest absolute Gasteiger partial charge is 0.163 e. The number of aliphatic hydroxyl groups excluding tert-OH is 1. The molecular formula is C24H30O6. The van der Waals surface area contributed by atoms with Crippen molar-refractivity contribution in [3.63, 3.8) is 0 Å². The first-order valence-corrected chi connectivity index (χ1v) is 10.2. The van der Waals surface area contributed by atoms with E-state index in [1.54, 1.807) is 18.2 Å². The Morgan fingerprint density at radius 1 is 0.933 bits per heavy atom. The van der Waals surface area contributed by atoms with Gasteiger partial charge in [-0.3, -0.25) is 14.4 Å². The summed E-state index contributed by atoms with van der Waals surface area (Å²) in [6, 6.07) is 4.77. The summed E-state index contributed by atoms with van der Waals surface area (Å²) in [5.41, 5.74) is -0.575. The normalized spacial score (nSPS) is 22.9. The molecule has 162 valence electrons. The number of aliphatic hydroxyl groups is 1. The van der Waals surface area contributed by atoms with Gasteiger partial charge < -0.3 is 14.9 Å². The van der Waals surface area contributed by atoms with E-state index < -0.39 is 22.7 Å². The number of phenolic OH excluding ortho intramolecular Hbond substituents is 1. The fourth-order valence-electron chi connectivity index (χ4n) is 4.89. The molecule has 0 heterocycles. The lowest BCUT2D eigenvalue weighted by atomic mass is 9.62. The highest BCUT2D eigenvalue weighted by molar-refractivity contribution is 6.09. The number of allylic oxidation sites excluding steroid dienone is 2. The molecule has 0 bridgehead atoms. The average molecular weight is 414 g/mol. The summed E-state index contributed by atoms with van der Waals surface area (Å²) in [7, 11) is 1.40. The van der Waals surface area contributed by atoms with E-state index in [4.69, 9.17) is 4.74 Å². The number of ether oxygens (including phenoxy) is 1. The molecule has 0 saturated heterocycles. The minimum Gasteiger partial charge on any atom is -0.512 e. The molecular weight excluding hydrogens is 384 g/mol. The third-order valence-corrected chi connectivity index (χ3v) is 6.13. The molecule has 6 heteroatoms. The Balaban J connectivity index is 2.23. The maximum atomic E-state index is 13.1. The first-order valence-electron chi connectivity index (χ1n) is 10.2. The van der Waals surface area contributed by atoms with Crippen LogP contribution in [0.3, 0.4) is 0 Å². The van der Waals surface area contributed by atoms with Gasteiger partial charge in [0, 0.05) is 42.7 Å². The van der Waals surface area contributed by atoms with Crippen LogP contribution in [0.15, 0.2) is 29.5 Å². The Morgan fingerprint density at radius 2 is 1.50 bits per heavy atom. The van der Waals surface area contributed by atoms with Gasteiger partial charge >= 0.3 is 0 Å². The topological polar surface area (TPSA) is 101 Å². The van der Waals surface area contributed by atoms with Gasteiger partial charge in [0.1, 0.15) is 17.3 Å². The summed E-state index contributed by atoms with van der Waals surface area (Å²) < 4.78 is 5.20. The number of benzene rings is 1. The van der Waals surface area contributed by atoms with E-state index in [-0.39, 0.29) is 71.4 Å². The number of carbonyl (C=O) groups excluding carboxylic acids is 3. The van der Waals surface area contributed by atoms with Gasteiger partial charge in [-0.1, -0.05) is 39.8 Å². The Kier molecular flexibility index (Phi) is 5.56. The minimum atomic E-state index is -1.13. The number of hydrogen-bond acceptors (Lipinski definition) is 6. The lowest BCUT2D eigenvalue weighted by Crippen LogP contribution is -2.43. The van der Waals surface area contributed by atoms with E-state index >= 15 is 0 Å². The summed E-state index contributed by atoms with van der Waals surface area (Å²) in [5.74, 6) is -3.19. The van der Waals surface area contributed by atoms with Crippen LogP contribution in [0.2, 0.25) is 0 Å². The van der Waals surface area contributed by atoms with Gasteiger partial charge in [0.15, 0.2) is 17.3 Å². The van der Waals surface area contributed by atoms with E-state index in [2.05, 4.69) is 0 Å². The molecule has 1 aromatic rings. The zero-order valence-electron chi connectivity index (χ0n) is 18.2. The van der Waals surface area contributed by atoms with Crippen LogP contribution in [-0.2, 0) is 14.4 Å². The monoisotopic (exact) mass is 414 g/mol. The second kappa shape index (κ2) is 7.56. The van der Waals surface area contributed by atoms with E-state index in [0.29, 0.717) is 0 Å². The summed E-state index contributed by atoms with van der Waals surface area (Å²) in [5, 5.41) is 21.7. The molecule has 3 rings (SSSR count). The number of methoxy groups -OCH3 is 1. The summed E-state index contributed by atoms with van der Waals surface area (Å²) in [6.45, 7) is 7.49. The van der Waals surface area contributed by atoms with Gasteiger partial charge in [-0.05, 0) is 16.9 Å². The molecule has 6 nitrogen and oxygen atoms in total. The second-order valence-corrected chi connectivity index (χ2v) is 10.1. The van der Waals surface area contributed by atoms with Crippen molar-refractivity contribution in [1.29, 1.82) is 0 Å². The Hall–Kier alpha value is -2.63. The lowest BCUT2D eigenvalue weighted by Gasteiger charge is -2.39. The average Bonchev–Trinajstić information content (AvgIpc) is 2.57. The molecule has 30 heavy (non-hydrogen) atoms. The maximum Gasteiger partial charge on any atom is 0.163 e. The number of ketones is 3. The molecule has 1 aromatic carbocycles. The van der Waals surface area contributed by atoms with Crippen LogP contribution in [0, 0.1) is 16.7 Å². The first-order chi connectivity index (χ1) is 13.9. The molecule has 1 saturated carbocycles. The van der Waals surface area contributed by atoms with E-state index in [9.17, 15) is 24.6 Å². The highest BCUT2D eigenvalue weighted by atomic mass is 16.5. The summed E-state index contributed by atoms with van der Waals surface area (Å²) in [6.07, 6.45) is 0.834. The fraction of sp³-hybridized carbons (Fsp3) is 0.542. The quantitative estimate of drug-likeness (QED) is 0.714. The van der Waals surface area contributed by atoms with Crippen molar-refractivity contribution in [2.45, 2.75) is 59.3 Å². The lowest BCUT2D eigenvalue weighted by molar-refractivity contribution is -0.140. The van der Waals surface area contributed by atoms with Crippen LogP contribution in [0.1, 0.15) is 64.9 Å². The van der Waals surface area contributed by atoms with E-state index in [1.807, 2.05) is 27.7 Å². The van der Waals surface area contributed by atoms with Gasteiger partial charge in [-0.15, -0.1) is 0 Å². The second-order valence-electron chi connectivity index (χ2n) is 10.1. The van der Waals surface area contributed by atoms with Crippen molar-refractivity contribution in [2.24, 2.45) is 16.7 Å². The third kappa shape index (κ3) is 4.00. The van der Waals surface area contributed by atoms with E-state index in [0.717, 1.165) is 0 Å². The predicted molar refractivity (Wildman–Crippen MR) is 112 cm³/mol. The highest BCUT2D eigenvalue weighted by Crippen LogP contribution is 2.50.